The monoisotopic (exact) mass is 384 g/mol. The van der Waals surface area contributed by atoms with Crippen molar-refractivity contribution >= 4 is 19.4 Å². The average molecular weight is 385 g/mol. The maximum absolute atomic E-state index is 4.53. The first-order valence-electron chi connectivity index (χ1n) is 3.55. The molecule has 76 valence electrons. The van der Waals surface area contributed by atoms with Crippen LogP contribution in [0.4, 0.5) is 0 Å². The summed E-state index contributed by atoms with van der Waals surface area (Å²) in [6, 6.07) is 0. The molecule has 4 heteroatoms. The van der Waals surface area contributed by atoms with Crippen molar-refractivity contribution in [2.24, 2.45) is 0 Å². The fourth-order valence-electron chi connectivity index (χ4n) is 0.856. The second-order valence-electron chi connectivity index (χ2n) is 2.10. The number of hydrogen-bond acceptors (Lipinski definition) is 0. The number of allylic oxidation sites excluding steroid dienone is 4. The van der Waals surface area contributed by atoms with Gasteiger partial charge in [0.2, 0.25) is 0 Å². The maximum atomic E-state index is 4.53. The van der Waals surface area contributed by atoms with Crippen LogP contribution in [-0.4, -0.2) is 0 Å². The average Bonchev–Trinajstić information content (AvgIpc) is 2.10. The quantitative estimate of drug-likeness (QED) is 0.436. The van der Waals surface area contributed by atoms with Gasteiger partial charge in [-0.3, -0.25) is 0 Å². The van der Waals surface area contributed by atoms with Crippen LogP contribution in [0.15, 0.2) is 24.3 Å². The Labute approximate surface area is 103 Å². The molecule has 1 aliphatic carbocycles. The van der Waals surface area contributed by atoms with Gasteiger partial charge in [-0.15, -0.1) is 0 Å². The third-order valence-electron chi connectivity index (χ3n) is 1.33. The summed E-state index contributed by atoms with van der Waals surface area (Å²) in [6.07, 6.45) is 14.0. The van der Waals surface area contributed by atoms with Crippen LogP contribution < -0.4 is 0 Å². The number of rotatable bonds is 0. The van der Waals surface area contributed by atoms with Crippen LogP contribution in [0.25, 0.3) is 0 Å². The number of halogens is 2. The summed E-state index contributed by atoms with van der Waals surface area (Å²) in [5.74, 6) is 0. The molecule has 0 aromatic heterocycles. The van der Waals surface area contributed by atoms with Gasteiger partial charge in [0.15, 0.2) is 0 Å². The Hall–Kier alpha value is 1.31. The van der Waals surface area contributed by atoms with Crippen LogP contribution in [0.2, 0.25) is 0 Å². The molecular formula is C8H12Cl2Rh2. The normalized spacial score (nSPS) is 14.5. The third kappa shape index (κ3) is 13.9. The van der Waals surface area contributed by atoms with E-state index in [2.05, 4.69) is 43.7 Å². The molecule has 0 nitrogen and oxygen atoms in total. The molecule has 0 bridgehead atoms. The molecule has 0 heterocycles. The SMILES string of the molecule is C1=CCCC=CCC1.[Cl][Rh].[Cl][Rh]. The first-order valence-corrected chi connectivity index (χ1v) is 7.77. The fourth-order valence-corrected chi connectivity index (χ4v) is 0.856. The molecule has 0 aromatic carbocycles. The Balaban J connectivity index is 0. The topological polar surface area (TPSA) is 0 Å². The van der Waals surface area contributed by atoms with Crippen molar-refractivity contribution in [1.82, 2.24) is 0 Å². The third-order valence-corrected chi connectivity index (χ3v) is 1.33. The molecule has 0 amide bonds. The van der Waals surface area contributed by atoms with E-state index in [0.29, 0.717) is 0 Å². The predicted molar refractivity (Wildman–Crippen MR) is 48.5 cm³/mol. The van der Waals surface area contributed by atoms with Crippen LogP contribution in [0.3, 0.4) is 0 Å². The molecule has 0 atom stereocenters. The van der Waals surface area contributed by atoms with Crippen LogP contribution in [0.5, 0.6) is 0 Å². The van der Waals surface area contributed by atoms with E-state index in [1.165, 1.54) is 25.7 Å². The van der Waals surface area contributed by atoms with Crippen molar-refractivity contribution in [2.75, 3.05) is 0 Å². The predicted octanol–water partition coefficient (Wildman–Crippen LogP) is 4.05. The van der Waals surface area contributed by atoms with E-state index in [0.717, 1.165) is 0 Å². The number of hydrogen-bond donors (Lipinski definition) is 0. The molecule has 0 saturated carbocycles. The summed E-state index contributed by atoms with van der Waals surface area (Å²) >= 11 is 4.04. The Morgan fingerprint density at radius 1 is 0.583 bits per heavy atom. The van der Waals surface area contributed by atoms with Crippen molar-refractivity contribution in [1.29, 1.82) is 0 Å². The molecule has 0 N–H and O–H groups in total. The van der Waals surface area contributed by atoms with E-state index in [-0.39, 0.29) is 0 Å². The van der Waals surface area contributed by atoms with Crippen molar-refractivity contribution in [3.05, 3.63) is 24.3 Å². The van der Waals surface area contributed by atoms with E-state index in [4.69, 9.17) is 0 Å². The van der Waals surface area contributed by atoms with E-state index in [9.17, 15) is 0 Å². The van der Waals surface area contributed by atoms with E-state index in [1.807, 2.05) is 34.6 Å². The van der Waals surface area contributed by atoms with Gasteiger partial charge in [-0.25, -0.2) is 0 Å². The minimum atomic E-state index is 1.23. The Morgan fingerprint density at radius 2 is 0.750 bits per heavy atom. The van der Waals surface area contributed by atoms with Gasteiger partial charge in [0.25, 0.3) is 0 Å². The first kappa shape index (κ1) is 15.8. The van der Waals surface area contributed by atoms with Crippen LogP contribution in [-0.2, 0) is 34.6 Å². The van der Waals surface area contributed by atoms with Crippen molar-refractivity contribution in [3.63, 3.8) is 0 Å². The molecule has 0 spiro atoms. The minimum absolute atomic E-state index is 1.23. The van der Waals surface area contributed by atoms with Gasteiger partial charge >= 0.3 is 54.0 Å². The Bertz CT molecular complexity index is 87.6. The van der Waals surface area contributed by atoms with Crippen molar-refractivity contribution in [3.8, 4) is 0 Å². The van der Waals surface area contributed by atoms with Gasteiger partial charge in [0.1, 0.15) is 0 Å². The first-order chi connectivity index (χ1) is 6.00. The fraction of sp³-hybridized carbons (Fsp3) is 0.500. The van der Waals surface area contributed by atoms with Gasteiger partial charge in [-0.05, 0) is 25.7 Å². The van der Waals surface area contributed by atoms with Gasteiger partial charge < -0.3 is 0 Å². The van der Waals surface area contributed by atoms with E-state index >= 15 is 0 Å². The molecule has 0 aromatic rings. The van der Waals surface area contributed by atoms with Crippen LogP contribution >= 0.6 is 19.4 Å². The molecule has 0 radical (unpaired) electrons. The molecule has 0 aliphatic heterocycles. The van der Waals surface area contributed by atoms with E-state index < -0.39 is 0 Å². The summed E-state index contributed by atoms with van der Waals surface area (Å²) < 4.78 is 0. The molecule has 0 fully saturated rings. The van der Waals surface area contributed by atoms with Crippen molar-refractivity contribution in [2.45, 2.75) is 25.7 Å². The Kier molecular flexibility index (Phi) is 23.9. The summed E-state index contributed by atoms with van der Waals surface area (Å²) in [5.41, 5.74) is 0. The molecular weight excluding hydrogens is 373 g/mol. The summed E-state index contributed by atoms with van der Waals surface area (Å²) in [7, 11) is 9.06. The second kappa shape index (κ2) is 18.2. The van der Waals surface area contributed by atoms with Crippen molar-refractivity contribution < 1.29 is 34.6 Å². The van der Waals surface area contributed by atoms with Crippen LogP contribution in [0, 0.1) is 0 Å². The molecule has 1 rings (SSSR count). The van der Waals surface area contributed by atoms with Gasteiger partial charge in [0.05, 0.1) is 0 Å². The molecule has 0 saturated heterocycles. The zero-order chi connectivity index (χ0) is 9.66. The van der Waals surface area contributed by atoms with Gasteiger partial charge in [-0.1, -0.05) is 24.3 Å². The van der Waals surface area contributed by atoms with Gasteiger partial charge in [-0.2, -0.15) is 0 Å². The summed E-state index contributed by atoms with van der Waals surface area (Å²) in [6.45, 7) is 0. The molecule has 0 unspecified atom stereocenters. The van der Waals surface area contributed by atoms with Gasteiger partial charge in [0, 0.05) is 0 Å². The summed E-state index contributed by atoms with van der Waals surface area (Å²) in [5, 5.41) is 0. The van der Waals surface area contributed by atoms with E-state index in [1.54, 1.807) is 0 Å². The Morgan fingerprint density at radius 3 is 0.917 bits per heavy atom. The zero-order valence-electron chi connectivity index (χ0n) is 6.56. The second-order valence-corrected chi connectivity index (χ2v) is 2.10. The standard InChI is InChI=1S/C8H12.2ClH.2Rh/c1-2-4-6-8-7-5-3-1;;;;/h1-2,7-8H,3-6H2;2*1H;;/q;;;2*+1/p-2. The summed E-state index contributed by atoms with van der Waals surface area (Å²) in [4.78, 5) is 0. The zero-order valence-corrected chi connectivity index (χ0v) is 11.3. The molecule has 1 aliphatic rings. The molecule has 12 heavy (non-hydrogen) atoms. The van der Waals surface area contributed by atoms with Crippen LogP contribution in [0.1, 0.15) is 25.7 Å².